The van der Waals surface area contributed by atoms with Crippen molar-refractivity contribution >= 4 is 22.9 Å². The molecule has 0 aliphatic heterocycles. The third-order valence-electron chi connectivity index (χ3n) is 4.64. The van der Waals surface area contributed by atoms with Crippen LogP contribution in [-0.2, 0) is 13.2 Å². The van der Waals surface area contributed by atoms with Gasteiger partial charge in [0.25, 0.3) is 5.91 Å². The zero-order valence-corrected chi connectivity index (χ0v) is 17.5. The number of ether oxygens (including phenoxy) is 1. The zero-order valence-electron chi connectivity index (χ0n) is 16.7. The van der Waals surface area contributed by atoms with Gasteiger partial charge >= 0.3 is 0 Å². The number of carbonyl (C=O) groups is 1. The number of carbonyl (C=O) groups excluding carboxylic acids is 1. The highest BCUT2D eigenvalue weighted by molar-refractivity contribution is 7.13. The maximum Gasteiger partial charge on any atom is 0.270 e. The van der Waals surface area contributed by atoms with Gasteiger partial charge in [-0.05, 0) is 36.8 Å². The minimum atomic E-state index is -0.0500. The molecule has 5 heteroatoms. The number of anilines is 1. The first-order valence-electron chi connectivity index (χ1n) is 9.75. The normalized spacial score (nSPS) is 10.6. The third kappa shape index (κ3) is 4.75. The summed E-state index contributed by atoms with van der Waals surface area (Å²) in [7, 11) is 0. The molecule has 0 atom stereocenters. The van der Waals surface area contributed by atoms with Gasteiger partial charge in [0.2, 0.25) is 0 Å². The summed E-state index contributed by atoms with van der Waals surface area (Å²) < 4.78 is 5.80. The maximum atomic E-state index is 13.5. The fourth-order valence-corrected chi connectivity index (χ4v) is 4.08. The van der Waals surface area contributed by atoms with E-state index >= 15 is 0 Å². The number of amides is 1. The standard InChI is InChI=1S/C25H22N2O2S/c1-19-24(30-23(26-19)18-29-22-15-9-4-10-16-22)25(28)27(21-13-7-3-8-14-21)17-20-11-5-2-6-12-20/h2-16H,17-18H2,1H3. The van der Waals surface area contributed by atoms with Crippen LogP contribution in [0.5, 0.6) is 5.75 Å². The Balaban J connectivity index is 1.57. The molecular formula is C25H22N2O2S. The van der Waals surface area contributed by atoms with Crippen LogP contribution >= 0.6 is 11.3 Å². The summed E-state index contributed by atoms with van der Waals surface area (Å²) in [6.45, 7) is 2.71. The molecule has 30 heavy (non-hydrogen) atoms. The largest absolute Gasteiger partial charge is 0.486 e. The van der Waals surface area contributed by atoms with Crippen molar-refractivity contribution in [2.75, 3.05) is 4.90 Å². The Morgan fingerprint density at radius 3 is 2.17 bits per heavy atom. The van der Waals surface area contributed by atoms with Gasteiger partial charge in [0.1, 0.15) is 22.2 Å². The maximum absolute atomic E-state index is 13.5. The van der Waals surface area contributed by atoms with Crippen LogP contribution in [0.2, 0.25) is 0 Å². The zero-order chi connectivity index (χ0) is 20.8. The van der Waals surface area contributed by atoms with E-state index < -0.39 is 0 Å². The molecule has 0 spiro atoms. The summed E-state index contributed by atoms with van der Waals surface area (Å²) in [5.41, 5.74) is 2.66. The van der Waals surface area contributed by atoms with Crippen LogP contribution in [0.3, 0.4) is 0 Å². The number of benzene rings is 3. The first-order valence-corrected chi connectivity index (χ1v) is 10.6. The highest BCUT2D eigenvalue weighted by atomic mass is 32.1. The summed E-state index contributed by atoms with van der Waals surface area (Å²) in [6, 6.07) is 29.4. The molecule has 4 rings (SSSR count). The van der Waals surface area contributed by atoms with E-state index in [-0.39, 0.29) is 5.91 Å². The Hall–Kier alpha value is -3.44. The molecule has 150 valence electrons. The van der Waals surface area contributed by atoms with Gasteiger partial charge in [-0.3, -0.25) is 4.79 Å². The number of para-hydroxylation sites is 2. The highest BCUT2D eigenvalue weighted by Gasteiger charge is 2.23. The van der Waals surface area contributed by atoms with Gasteiger partial charge in [-0.2, -0.15) is 0 Å². The van der Waals surface area contributed by atoms with Gasteiger partial charge in [-0.25, -0.2) is 4.98 Å². The number of thiazole rings is 1. The monoisotopic (exact) mass is 414 g/mol. The topological polar surface area (TPSA) is 42.4 Å². The molecule has 0 radical (unpaired) electrons. The van der Waals surface area contributed by atoms with E-state index in [2.05, 4.69) is 4.98 Å². The van der Waals surface area contributed by atoms with E-state index in [1.807, 2.05) is 97.9 Å². The quantitative estimate of drug-likeness (QED) is 0.379. The molecule has 3 aromatic carbocycles. The number of rotatable bonds is 7. The number of nitrogens with zero attached hydrogens (tertiary/aromatic N) is 2. The molecule has 0 fully saturated rings. The van der Waals surface area contributed by atoms with Gasteiger partial charge in [-0.15, -0.1) is 11.3 Å². The fraction of sp³-hybridized carbons (Fsp3) is 0.120. The van der Waals surface area contributed by atoms with E-state index in [4.69, 9.17) is 4.74 Å². The molecule has 4 nitrogen and oxygen atoms in total. The third-order valence-corrected chi connectivity index (χ3v) is 5.76. The average Bonchev–Trinajstić information content (AvgIpc) is 3.18. The first kappa shape index (κ1) is 19.9. The summed E-state index contributed by atoms with van der Waals surface area (Å²) in [5.74, 6) is 0.735. The van der Waals surface area contributed by atoms with E-state index in [1.54, 1.807) is 4.90 Å². The molecule has 0 aliphatic rings. The Labute approximate surface area is 180 Å². The molecule has 0 saturated heterocycles. The fourth-order valence-electron chi connectivity index (χ4n) is 3.15. The van der Waals surface area contributed by atoms with Gasteiger partial charge in [-0.1, -0.05) is 66.7 Å². The Morgan fingerprint density at radius 2 is 1.50 bits per heavy atom. The molecule has 0 saturated carbocycles. The summed E-state index contributed by atoms with van der Waals surface area (Å²) in [6.07, 6.45) is 0. The van der Waals surface area contributed by atoms with Crippen LogP contribution in [0.4, 0.5) is 5.69 Å². The van der Waals surface area contributed by atoms with Crippen molar-refractivity contribution in [3.63, 3.8) is 0 Å². The predicted molar refractivity (Wildman–Crippen MR) is 121 cm³/mol. The van der Waals surface area contributed by atoms with Gasteiger partial charge in [0.05, 0.1) is 12.2 Å². The van der Waals surface area contributed by atoms with Crippen LogP contribution < -0.4 is 9.64 Å². The lowest BCUT2D eigenvalue weighted by molar-refractivity contribution is 0.0988. The van der Waals surface area contributed by atoms with Crippen molar-refractivity contribution < 1.29 is 9.53 Å². The van der Waals surface area contributed by atoms with Crippen LogP contribution in [0.25, 0.3) is 0 Å². The van der Waals surface area contributed by atoms with Crippen LogP contribution in [-0.4, -0.2) is 10.9 Å². The average molecular weight is 415 g/mol. The van der Waals surface area contributed by atoms with Crippen molar-refractivity contribution in [2.24, 2.45) is 0 Å². The Kier molecular flexibility index (Phi) is 6.20. The Morgan fingerprint density at radius 1 is 0.900 bits per heavy atom. The van der Waals surface area contributed by atoms with E-state index in [0.29, 0.717) is 18.0 Å². The molecule has 0 bridgehead atoms. The number of aryl methyl sites for hydroxylation is 1. The number of aromatic nitrogens is 1. The summed E-state index contributed by atoms with van der Waals surface area (Å²) in [4.78, 5) is 20.5. The molecule has 1 heterocycles. The van der Waals surface area contributed by atoms with Crippen molar-refractivity contribution in [1.29, 1.82) is 0 Å². The second-order valence-corrected chi connectivity index (χ2v) is 7.92. The molecule has 0 aliphatic carbocycles. The van der Waals surface area contributed by atoms with Gasteiger partial charge < -0.3 is 9.64 Å². The molecule has 4 aromatic rings. The lowest BCUT2D eigenvalue weighted by Crippen LogP contribution is -2.30. The van der Waals surface area contributed by atoms with Gasteiger partial charge in [0, 0.05) is 5.69 Å². The van der Waals surface area contributed by atoms with Gasteiger partial charge in [0.15, 0.2) is 0 Å². The van der Waals surface area contributed by atoms with Crippen molar-refractivity contribution in [3.8, 4) is 5.75 Å². The molecule has 0 unspecified atom stereocenters. The summed E-state index contributed by atoms with van der Waals surface area (Å²) >= 11 is 1.39. The first-order chi connectivity index (χ1) is 14.7. The SMILES string of the molecule is Cc1nc(COc2ccccc2)sc1C(=O)N(Cc1ccccc1)c1ccccc1. The van der Waals surface area contributed by atoms with Crippen LogP contribution in [0.15, 0.2) is 91.0 Å². The smallest absolute Gasteiger partial charge is 0.270 e. The second-order valence-electron chi connectivity index (χ2n) is 6.84. The lowest BCUT2D eigenvalue weighted by Gasteiger charge is -2.22. The molecule has 0 N–H and O–H groups in total. The molecule has 1 amide bonds. The second kappa shape index (κ2) is 9.37. The minimum Gasteiger partial charge on any atom is -0.486 e. The summed E-state index contributed by atoms with van der Waals surface area (Å²) in [5, 5.41) is 0.785. The van der Waals surface area contributed by atoms with Crippen molar-refractivity contribution in [2.45, 2.75) is 20.1 Å². The van der Waals surface area contributed by atoms with Crippen LogP contribution in [0, 0.1) is 6.92 Å². The number of hydrogen-bond acceptors (Lipinski definition) is 4. The van der Waals surface area contributed by atoms with E-state index in [9.17, 15) is 4.79 Å². The van der Waals surface area contributed by atoms with Crippen molar-refractivity contribution in [3.05, 3.63) is 112 Å². The minimum absolute atomic E-state index is 0.0500. The predicted octanol–water partition coefficient (Wildman–Crippen LogP) is 5.88. The van der Waals surface area contributed by atoms with Crippen LogP contribution in [0.1, 0.15) is 25.9 Å². The Bertz CT molecular complexity index is 1100. The number of hydrogen-bond donors (Lipinski definition) is 0. The van der Waals surface area contributed by atoms with E-state index in [0.717, 1.165) is 27.7 Å². The molecular weight excluding hydrogens is 392 g/mol. The van der Waals surface area contributed by atoms with E-state index in [1.165, 1.54) is 11.3 Å². The molecule has 1 aromatic heterocycles. The van der Waals surface area contributed by atoms with Crippen molar-refractivity contribution in [1.82, 2.24) is 4.98 Å². The lowest BCUT2D eigenvalue weighted by atomic mass is 10.2. The highest BCUT2D eigenvalue weighted by Crippen LogP contribution is 2.26.